The second kappa shape index (κ2) is 5.81. The van der Waals surface area contributed by atoms with Crippen molar-refractivity contribution in [2.45, 2.75) is 31.9 Å². The molecule has 1 aliphatic heterocycles. The molecular formula is C10H18N2O4. The van der Waals surface area contributed by atoms with Crippen LogP contribution < -0.4 is 10.6 Å². The zero-order valence-electron chi connectivity index (χ0n) is 9.27. The molecular weight excluding hydrogens is 212 g/mol. The van der Waals surface area contributed by atoms with Gasteiger partial charge < -0.3 is 20.8 Å². The summed E-state index contributed by atoms with van der Waals surface area (Å²) in [7, 11) is 0. The molecule has 6 heteroatoms. The molecule has 1 saturated heterocycles. The van der Waals surface area contributed by atoms with E-state index in [9.17, 15) is 14.7 Å². The van der Waals surface area contributed by atoms with Crippen LogP contribution >= 0.6 is 0 Å². The van der Waals surface area contributed by atoms with E-state index in [0.29, 0.717) is 6.54 Å². The third kappa shape index (κ3) is 3.46. The lowest BCUT2D eigenvalue weighted by molar-refractivity contribution is -0.145. The van der Waals surface area contributed by atoms with Gasteiger partial charge in [0.05, 0.1) is 12.0 Å². The molecule has 0 aromatic carbocycles. The molecule has 3 unspecified atom stereocenters. The van der Waals surface area contributed by atoms with Gasteiger partial charge in [-0.1, -0.05) is 0 Å². The van der Waals surface area contributed by atoms with Crippen LogP contribution in [0.25, 0.3) is 0 Å². The monoisotopic (exact) mass is 230 g/mol. The predicted octanol–water partition coefficient (Wildman–Crippen LogP) is -1.06. The summed E-state index contributed by atoms with van der Waals surface area (Å²) < 4.78 is 0. The highest BCUT2D eigenvalue weighted by Crippen LogP contribution is 2.10. The van der Waals surface area contributed by atoms with E-state index in [-0.39, 0.29) is 11.8 Å². The van der Waals surface area contributed by atoms with Gasteiger partial charge in [-0.2, -0.15) is 0 Å². The molecule has 1 heterocycles. The van der Waals surface area contributed by atoms with Crippen molar-refractivity contribution < 1.29 is 19.8 Å². The van der Waals surface area contributed by atoms with Crippen LogP contribution in [0.3, 0.4) is 0 Å². The third-order valence-electron chi connectivity index (χ3n) is 2.71. The van der Waals surface area contributed by atoms with Crippen LogP contribution in [-0.2, 0) is 9.59 Å². The Labute approximate surface area is 94.0 Å². The molecule has 0 saturated carbocycles. The fourth-order valence-electron chi connectivity index (χ4n) is 1.74. The molecule has 6 nitrogen and oxygen atoms in total. The molecule has 3 atom stereocenters. The SMILES string of the molecule is CC(O)C(NC(=O)C1CCCNC1)C(=O)O. The standard InChI is InChI=1S/C10H18N2O4/c1-6(13)8(10(15)16)12-9(14)7-3-2-4-11-5-7/h6-8,11,13H,2-5H2,1H3,(H,12,14)(H,15,16). The first-order chi connectivity index (χ1) is 7.52. The lowest BCUT2D eigenvalue weighted by Crippen LogP contribution is -2.51. The second-order valence-electron chi connectivity index (χ2n) is 4.11. The number of amides is 1. The van der Waals surface area contributed by atoms with Crippen LogP contribution in [0.2, 0.25) is 0 Å². The summed E-state index contributed by atoms with van der Waals surface area (Å²) >= 11 is 0. The van der Waals surface area contributed by atoms with E-state index in [1.807, 2.05) is 0 Å². The van der Waals surface area contributed by atoms with Gasteiger partial charge >= 0.3 is 5.97 Å². The Morgan fingerprint density at radius 3 is 2.62 bits per heavy atom. The fraction of sp³-hybridized carbons (Fsp3) is 0.800. The molecule has 0 radical (unpaired) electrons. The average Bonchev–Trinajstić information content (AvgIpc) is 2.25. The maximum atomic E-state index is 11.7. The number of aliphatic carboxylic acids is 1. The molecule has 1 rings (SSSR count). The zero-order chi connectivity index (χ0) is 12.1. The van der Waals surface area contributed by atoms with Crippen LogP contribution in [0.4, 0.5) is 0 Å². The first-order valence-corrected chi connectivity index (χ1v) is 5.44. The van der Waals surface area contributed by atoms with Crippen molar-refractivity contribution >= 4 is 11.9 Å². The minimum atomic E-state index is -1.23. The van der Waals surface area contributed by atoms with E-state index in [0.717, 1.165) is 19.4 Å². The average molecular weight is 230 g/mol. The largest absolute Gasteiger partial charge is 0.480 e. The molecule has 0 spiro atoms. The normalized spacial score (nSPS) is 24.5. The van der Waals surface area contributed by atoms with E-state index in [4.69, 9.17) is 5.11 Å². The Balaban J connectivity index is 2.50. The highest BCUT2D eigenvalue weighted by atomic mass is 16.4. The fourth-order valence-corrected chi connectivity index (χ4v) is 1.74. The van der Waals surface area contributed by atoms with E-state index in [2.05, 4.69) is 10.6 Å². The third-order valence-corrected chi connectivity index (χ3v) is 2.71. The number of hydrogen-bond acceptors (Lipinski definition) is 4. The number of carbonyl (C=O) groups excluding carboxylic acids is 1. The second-order valence-corrected chi connectivity index (χ2v) is 4.11. The number of carbonyl (C=O) groups is 2. The van der Waals surface area contributed by atoms with Crippen LogP contribution in [0.5, 0.6) is 0 Å². The maximum absolute atomic E-state index is 11.7. The van der Waals surface area contributed by atoms with Gasteiger partial charge in [0.25, 0.3) is 0 Å². The van der Waals surface area contributed by atoms with Crippen LogP contribution in [0.15, 0.2) is 0 Å². The highest BCUT2D eigenvalue weighted by Gasteiger charge is 2.29. The summed E-state index contributed by atoms with van der Waals surface area (Å²) in [6.07, 6.45) is 0.563. The number of carboxylic acid groups (broad SMARTS) is 1. The van der Waals surface area contributed by atoms with Gasteiger partial charge in [0, 0.05) is 6.54 Å². The Bertz CT molecular complexity index is 262. The van der Waals surface area contributed by atoms with E-state index in [1.165, 1.54) is 6.92 Å². The van der Waals surface area contributed by atoms with Gasteiger partial charge in [-0.25, -0.2) is 4.79 Å². The minimum absolute atomic E-state index is 0.200. The number of carboxylic acids is 1. The van der Waals surface area contributed by atoms with Crippen LogP contribution in [0, 0.1) is 5.92 Å². The van der Waals surface area contributed by atoms with Crippen molar-refractivity contribution in [3.63, 3.8) is 0 Å². The van der Waals surface area contributed by atoms with Crippen LogP contribution in [0.1, 0.15) is 19.8 Å². The summed E-state index contributed by atoms with van der Waals surface area (Å²) in [5.74, 6) is -1.72. The van der Waals surface area contributed by atoms with Crippen molar-refractivity contribution in [2.75, 3.05) is 13.1 Å². The molecule has 16 heavy (non-hydrogen) atoms. The maximum Gasteiger partial charge on any atom is 0.328 e. The van der Waals surface area contributed by atoms with Gasteiger partial charge in [0.2, 0.25) is 5.91 Å². The van der Waals surface area contributed by atoms with Crippen molar-refractivity contribution in [2.24, 2.45) is 5.92 Å². The van der Waals surface area contributed by atoms with Crippen molar-refractivity contribution in [1.82, 2.24) is 10.6 Å². The summed E-state index contributed by atoms with van der Waals surface area (Å²) in [6, 6.07) is -1.23. The molecule has 0 aromatic rings. The number of aliphatic hydroxyl groups is 1. The first-order valence-electron chi connectivity index (χ1n) is 5.44. The molecule has 1 aliphatic rings. The van der Waals surface area contributed by atoms with Crippen molar-refractivity contribution in [3.05, 3.63) is 0 Å². The number of nitrogens with one attached hydrogen (secondary N) is 2. The first kappa shape index (κ1) is 12.9. The van der Waals surface area contributed by atoms with Gasteiger partial charge in [0.15, 0.2) is 6.04 Å². The lowest BCUT2D eigenvalue weighted by Gasteiger charge is -2.24. The summed E-state index contributed by atoms with van der Waals surface area (Å²) in [5.41, 5.74) is 0. The van der Waals surface area contributed by atoms with Gasteiger partial charge in [0.1, 0.15) is 0 Å². The molecule has 92 valence electrons. The number of aliphatic hydroxyl groups excluding tert-OH is 1. The van der Waals surface area contributed by atoms with Gasteiger partial charge in [-0.05, 0) is 26.3 Å². The number of rotatable bonds is 4. The number of hydrogen-bond donors (Lipinski definition) is 4. The van der Waals surface area contributed by atoms with E-state index < -0.39 is 18.1 Å². The zero-order valence-corrected chi connectivity index (χ0v) is 9.27. The van der Waals surface area contributed by atoms with Crippen LogP contribution in [-0.4, -0.2) is 47.3 Å². The van der Waals surface area contributed by atoms with Gasteiger partial charge in [-0.3, -0.25) is 4.79 Å². The molecule has 0 bridgehead atoms. The van der Waals surface area contributed by atoms with Crippen molar-refractivity contribution in [3.8, 4) is 0 Å². The quantitative estimate of drug-likeness (QED) is 0.493. The summed E-state index contributed by atoms with van der Waals surface area (Å²) in [4.78, 5) is 22.5. The molecule has 0 aliphatic carbocycles. The highest BCUT2D eigenvalue weighted by molar-refractivity contribution is 5.85. The molecule has 1 amide bonds. The minimum Gasteiger partial charge on any atom is -0.480 e. The topological polar surface area (TPSA) is 98.7 Å². The molecule has 4 N–H and O–H groups in total. The Morgan fingerprint density at radius 2 is 2.19 bits per heavy atom. The Hall–Kier alpha value is -1.14. The molecule has 0 aromatic heterocycles. The Kier molecular flexibility index (Phi) is 4.70. The van der Waals surface area contributed by atoms with Gasteiger partial charge in [-0.15, -0.1) is 0 Å². The lowest BCUT2D eigenvalue weighted by atomic mass is 9.98. The van der Waals surface area contributed by atoms with E-state index in [1.54, 1.807) is 0 Å². The smallest absolute Gasteiger partial charge is 0.328 e. The predicted molar refractivity (Wildman–Crippen MR) is 56.8 cm³/mol. The van der Waals surface area contributed by atoms with Crippen molar-refractivity contribution in [1.29, 1.82) is 0 Å². The van der Waals surface area contributed by atoms with E-state index >= 15 is 0 Å². The Morgan fingerprint density at radius 1 is 1.50 bits per heavy atom. The summed E-state index contributed by atoms with van der Waals surface area (Å²) in [6.45, 7) is 2.80. The summed E-state index contributed by atoms with van der Waals surface area (Å²) in [5, 5.41) is 23.5. The number of piperidine rings is 1. The molecule has 1 fully saturated rings.